The number of nitrogens with one attached hydrogen (secondary N) is 2. The van der Waals surface area contributed by atoms with Crippen LogP contribution in [0.2, 0.25) is 0 Å². The van der Waals surface area contributed by atoms with Crippen molar-refractivity contribution >= 4 is 27.5 Å². The lowest BCUT2D eigenvalue weighted by Gasteiger charge is -2.08. The molecule has 0 saturated heterocycles. The lowest BCUT2D eigenvalue weighted by atomic mass is 10.1. The van der Waals surface area contributed by atoms with E-state index in [0.29, 0.717) is 30.6 Å². The molecule has 3 aromatic carbocycles. The van der Waals surface area contributed by atoms with E-state index in [1.54, 1.807) is 24.3 Å². The fraction of sp³-hybridized carbons (Fsp3) is 0.130. The average Bonchev–Trinajstić information content (AvgIpc) is 2.77. The summed E-state index contributed by atoms with van der Waals surface area (Å²) in [5, 5.41) is 10.6. The lowest BCUT2D eigenvalue weighted by molar-refractivity contribution is -0.121. The highest BCUT2D eigenvalue weighted by Crippen LogP contribution is 2.14. The molecule has 4 N–H and O–H groups in total. The minimum Gasteiger partial charge on any atom is -0.352 e. The molecule has 160 valence electrons. The van der Waals surface area contributed by atoms with Gasteiger partial charge in [0.05, 0.1) is 4.90 Å². The average molecular weight is 438 g/mol. The van der Waals surface area contributed by atoms with Crippen LogP contribution in [0.3, 0.4) is 0 Å². The molecular formula is C23H23N3O4S. The summed E-state index contributed by atoms with van der Waals surface area (Å²) in [6.07, 6.45) is 1.10. The maximum atomic E-state index is 12.4. The second-order valence-electron chi connectivity index (χ2n) is 6.98. The van der Waals surface area contributed by atoms with Crippen LogP contribution in [0.25, 0.3) is 0 Å². The number of sulfonamides is 1. The van der Waals surface area contributed by atoms with E-state index in [1.807, 2.05) is 30.3 Å². The summed E-state index contributed by atoms with van der Waals surface area (Å²) in [7, 11) is -3.78. The molecule has 0 aromatic heterocycles. The molecule has 0 bridgehead atoms. The molecule has 0 radical (unpaired) electrons. The second kappa shape index (κ2) is 10.0. The maximum absolute atomic E-state index is 12.4. The standard InChI is InChI=1S/C23H23N3O4S/c24-31(29,30)21-13-11-20(12-14-21)26-23(28)19-9-6-18(7-10-19)16-25-22(27)15-8-17-4-2-1-3-5-17/h1-7,9-14H,8,15-16H2,(H,25,27)(H,26,28)(H2,24,29,30). The fourth-order valence-corrected chi connectivity index (χ4v) is 3.41. The molecule has 0 saturated carbocycles. The van der Waals surface area contributed by atoms with Crippen LogP contribution in [0, 0.1) is 0 Å². The van der Waals surface area contributed by atoms with Gasteiger partial charge in [0.15, 0.2) is 0 Å². The Kier molecular flexibility index (Phi) is 7.17. The second-order valence-corrected chi connectivity index (χ2v) is 8.54. The van der Waals surface area contributed by atoms with Crippen molar-refractivity contribution in [3.63, 3.8) is 0 Å². The number of hydrogen-bond donors (Lipinski definition) is 3. The molecule has 0 aliphatic heterocycles. The van der Waals surface area contributed by atoms with Crippen LogP contribution in [0.4, 0.5) is 5.69 Å². The van der Waals surface area contributed by atoms with Crippen molar-refractivity contribution in [1.29, 1.82) is 0 Å². The quantitative estimate of drug-likeness (QED) is 0.502. The van der Waals surface area contributed by atoms with Crippen LogP contribution in [-0.2, 0) is 27.8 Å². The third-order valence-electron chi connectivity index (χ3n) is 4.63. The van der Waals surface area contributed by atoms with E-state index in [1.165, 1.54) is 24.3 Å². The smallest absolute Gasteiger partial charge is 0.255 e. The Morgan fingerprint density at radius 3 is 2.06 bits per heavy atom. The van der Waals surface area contributed by atoms with E-state index in [2.05, 4.69) is 10.6 Å². The molecule has 8 heteroatoms. The monoisotopic (exact) mass is 437 g/mol. The molecule has 3 rings (SSSR count). The number of benzene rings is 3. The first-order chi connectivity index (χ1) is 14.8. The number of nitrogens with two attached hydrogens (primary N) is 1. The number of aryl methyl sites for hydroxylation is 1. The van der Waals surface area contributed by atoms with E-state index < -0.39 is 10.0 Å². The molecule has 2 amide bonds. The normalized spacial score (nSPS) is 11.0. The fourth-order valence-electron chi connectivity index (χ4n) is 2.90. The topological polar surface area (TPSA) is 118 Å². The Morgan fingerprint density at radius 1 is 0.806 bits per heavy atom. The number of hydrogen-bond acceptors (Lipinski definition) is 4. The molecule has 7 nitrogen and oxygen atoms in total. The summed E-state index contributed by atoms with van der Waals surface area (Å²) >= 11 is 0. The van der Waals surface area contributed by atoms with E-state index >= 15 is 0 Å². The predicted molar refractivity (Wildman–Crippen MR) is 119 cm³/mol. The first kappa shape index (κ1) is 22.2. The Balaban J connectivity index is 1.49. The van der Waals surface area contributed by atoms with Gasteiger partial charge in [0.1, 0.15) is 0 Å². The first-order valence-corrected chi connectivity index (χ1v) is 11.2. The summed E-state index contributed by atoms with van der Waals surface area (Å²) in [6.45, 7) is 0.380. The predicted octanol–water partition coefficient (Wildman–Crippen LogP) is 2.84. The van der Waals surface area contributed by atoms with Gasteiger partial charge in [-0.2, -0.15) is 0 Å². The molecule has 0 atom stereocenters. The molecule has 0 unspecified atom stereocenters. The largest absolute Gasteiger partial charge is 0.352 e. The van der Waals surface area contributed by atoms with Gasteiger partial charge in [-0.15, -0.1) is 0 Å². The highest BCUT2D eigenvalue weighted by Gasteiger charge is 2.10. The Bertz CT molecular complexity index is 1140. The van der Waals surface area contributed by atoms with Gasteiger partial charge in [0.2, 0.25) is 15.9 Å². The van der Waals surface area contributed by atoms with Crippen molar-refractivity contribution in [3.8, 4) is 0 Å². The van der Waals surface area contributed by atoms with Crippen molar-refractivity contribution < 1.29 is 18.0 Å². The van der Waals surface area contributed by atoms with E-state index in [4.69, 9.17) is 5.14 Å². The van der Waals surface area contributed by atoms with Crippen LogP contribution in [0.1, 0.15) is 27.9 Å². The van der Waals surface area contributed by atoms with E-state index in [-0.39, 0.29) is 16.7 Å². The summed E-state index contributed by atoms with van der Waals surface area (Å²) in [6, 6.07) is 22.3. The van der Waals surface area contributed by atoms with Gasteiger partial charge in [0, 0.05) is 24.2 Å². The first-order valence-electron chi connectivity index (χ1n) is 9.65. The Hall–Kier alpha value is -3.49. The molecule has 0 fully saturated rings. The van der Waals surface area contributed by atoms with Crippen molar-refractivity contribution in [3.05, 3.63) is 95.6 Å². The summed E-state index contributed by atoms with van der Waals surface area (Å²) in [5.74, 6) is -0.365. The van der Waals surface area contributed by atoms with Gasteiger partial charge < -0.3 is 10.6 Å². The molecule has 31 heavy (non-hydrogen) atoms. The van der Waals surface area contributed by atoms with Crippen molar-refractivity contribution in [2.75, 3.05) is 5.32 Å². The van der Waals surface area contributed by atoms with Crippen LogP contribution < -0.4 is 15.8 Å². The number of primary sulfonamides is 1. The van der Waals surface area contributed by atoms with Gasteiger partial charge in [-0.3, -0.25) is 9.59 Å². The maximum Gasteiger partial charge on any atom is 0.255 e. The number of amides is 2. The molecule has 0 aliphatic rings. The summed E-state index contributed by atoms with van der Waals surface area (Å²) in [5.41, 5.74) is 2.89. The zero-order valence-electron chi connectivity index (χ0n) is 16.7. The number of rotatable bonds is 8. The highest BCUT2D eigenvalue weighted by atomic mass is 32.2. The zero-order valence-corrected chi connectivity index (χ0v) is 17.6. The molecule has 0 spiro atoms. The van der Waals surface area contributed by atoms with Crippen molar-refractivity contribution in [2.24, 2.45) is 5.14 Å². The third kappa shape index (κ3) is 6.77. The Morgan fingerprint density at radius 2 is 1.45 bits per heavy atom. The molecule has 0 aliphatic carbocycles. The van der Waals surface area contributed by atoms with Gasteiger partial charge in [-0.25, -0.2) is 13.6 Å². The number of carbonyl (C=O) groups is 2. The molecule has 0 heterocycles. The minimum atomic E-state index is -3.78. The summed E-state index contributed by atoms with van der Waals surface area (Å²) < 4.78 is 22.6. The van der Waals surface area contributed by atoms with Crippen LogP contribution in [0.5, 0.6) is 0 Å². The van der Waals surface area contributed by atoms with E-state index in [0.717, 1.165) is 11.1 Å². The van der Waals surface area contributed by atoms with Gasteiger partial charge in [-0.1, -0.05) is 42.5 Å². The van der Waals surface area contributed by atoms with E-state index in [9.17, 15) is 18.0 Å². The lowest BCUT2D eigenvalue weighted by Crippen LogP contribution is -2.23. The van der Waals surface area contributed by atoms with Gasteiger partial charge in [-0.05, 0) is 53.9 Å². The number of anilines is 1. The van der Waals surface area contributed by atoms with Gasteiger partial charge >= 0.3 is 0 Å². The van der Waals surface area contributed by atoms with Crippen molar-refractivity contribution in [1.82, 2.24) is 5.32 Å². The molecular weight excluding hydrogens is 414 g/mol. The Labute approximate surface area is 181 Å². The highest BCUT2D eigenvalue weighted by molar-refractivity contribution is 7.89. The van der Waals surface area contributed by atoms with Crippen LogP contribution in [-0.4, -0.2) is 20.2 Å². The van der Waals surface area contributed by atoms with Crippen molar-refractivity contribution in [2.45, 2.75) is 24.3 Å². The third-order valence-corrected chi connectivity index (χ3v) is 5.56. The van der Waals surface area contributed by atoms with Crippen LogP contribution in [0.15, 0.2) is 83.8 Å². The minimum absolute atomic E-state index is 0.0272. The number of carbonyl (C=O) groups excluding carboxylic acids is 2. The molecule has 3 aromatic rings. The SMILES string of the molecule is NS(=O)(=O)c1ccc(NC(=O)c2ccc(CNC(=O)CCc3ccccc3)cc2)cc1. The zero-order chi connectivity index (χ0) is 22.3. The van der Waals surface area contributed by atoms with Gasteiger partial charge in [0.25, 0.3) is 5.91 Å². The van der Waals surface area contributed by atoms with Crippen LogP contribution >= 0.6 is 0 Å². The summed E-state index contributed by atoms with van der Waals surface area (Å²) in [4.78, 5) is 24.4.